The average molecular weight is 291 g/mol. The second-order valence-corrected chi connectivity index (χ2v) is 4.85. The van der Waals surface area contributed by atoms with Gasteiger partial charge in [-0.05, 0) is 25.0 Å². The van der Waals surface area contributed by atoms with E-state index in [-0.39, 0.29) is 6.42 Å². The second kappa shape index (κ2) is 7.11. The quantitative estimate of drug-likeness (QED) is 0.881. The fourth-order valence-electron chi connectivity index (χ4n) is 2.12. The van der Waals surface area contributed by atoms with Crippen LogP contribution in [0.5, 0.6) is 0 Å². The van der Waals surface area contributed by atoms with Gasteiger partial charge in [0, 0.05) is 30.8 Å². The van der Waals surface area contributed by atoms with Crippen LogP contribution in [0.15, 0.2) is 24.3 Å². The summed E-state index contributed by atoms with van der Waals surface area (Å²) in [6.07, 6.45) is 2.08. The van der Waals surface area contributed by atoms with Gasteiger partial charge in [0.1, 0.15) is 23.3 Å². The number of halogens is 2. The molecule has 0 amide bonds. The van der Waals surface area contributed by atoms with Crippen LogP contribution in [-0.2, 0) is 12.8 Å². The minimum Gasteiger partial charge on any atom is -0.370 e. The highest BCUT2D eigenvalue weighted by Crippen LogP contribution is 2.15. The van der Waals surface area contributed by atoms with Crippen molar-refractivity contribution in [1.29, 1.82) is 0 Å². The highest BCUT2D eigenvalue weighted by Gasteiger charge is 2.09. The minimum absolute atomic E-state index is 0.252. The van der Waals surface area contributed by atoms with Gasteiger partial charge in [-0.15, -0.1) is 0 Å². The lowest BCUT2D eigenvalue weighted by molar-refractivity contribution is 0.573. The smallest absolute Gasteiger partial charge is 0.135 e. The highest BCUT2D eigenvalue weighted by molar-refractivity contribution is 5.37. The molecule has 2 rings (SSSR count). The number of nitrogens with zero attached hydrogens (tertiary/aromatic N) is 2. The molecule has 1 aromatic heterocycles. The number of nitrogens with one attached hydrogen (secondary N) is 1. The molecule has 3 nitrogen and oxygen atoms in total. The number of aryl methyl sites for hydroxylation is 1. The summed E-state index contributed by atoms with van der Waals surface area (Å²) < 4.78 is 26.7. The third-order valence-corrected chi connectivity index (χ3v) is 3.05. The Morgan fingerprint density at radius 3 is 2.57 bits per heavy atom. The molecular formula is C16H19F2N3. The third-order valence-electron chi connectivity index (χ3n) is 3.05. The van der Waals surface area contributed by atoms with Gasteiger partial charge in [-0.25, -0.2) is 18.7 Å². The molecule has 112 valence electrons. The lowest BCUT2D eigenvalue weighted by Crippen LogP contribution is -2.07. The van der Waals surface area contributed by atoms with Crippen molar-refractivity contribution in [3.8, 4) is 0 Å². The SMILES string of the molecule is CCCc1cc(NCC)nc(Cc2ccc(F)cc2F)n1. The van der Waals surface area contributed by atoms with Gasteiger partial charge in [-0.3, -0.25) is 0 Å². The van der Waals surface area contributed by atoms with Crippen LogP contribution in [0.3, 0.4) is 0 Å². The van der Waals surface area contributed by atoms with E-state index in [4.69, 9.17) is 0 Å². The fourth-order valence-corrected chi connectivity index (χ4v) is 2.12. The Morgan fingerprint density at radius 2 is 1.90 bits per heavy atom. The maximum Gasteiger partial charge on any atom is 0.135 e. The fraction of sp³-hybridized carbons (Fsp3) is 0.375. The maximum absolute atomic E-state index is 13.7. The average Bonchev–Trinajstić information content (AvgIpc) is 2.42. The summed E-state index contributed by atoms with van der Waals surface area (Å²) in [6.45, 7) is 4.82. The molecule has 0 bridgehead atoms. The molecule has 0 aliphatic heterocycles. The van der Waals surface area contributed by atoms with Crippen molar-refractivity contribution in [2.24, 2.45) is 0 Å². The molecule has 1 aromatic carbocycles. The van der Waals surface area contributed by atoms with Crippen LogP contribution in [0, 0.1) is 11.6 Å². The summed E-state index contributed by atoms with van der Waals surface area (Å²) in [5, 5.41) is 3.15. The molecule has 0 unspecified atom stereocenters. The van der Waals surface area contributed by atoms with Gasteiger partial charge < -0.3 is 5.32 Å². The van der Waals surface area contributed by atoms with Crippen molar-refractivity contribution < 1.29 is 8.78 Å². The number of anilines is 1. The van der Waals surface area contributed by atoms with E-state index in [0.29, 0.717) is 11.4 Å². The monoisotopic (exact) mass is 291 g/mol. The molecule has 0 spiro atoms. The number of benzene rings is 1. The molecule has 0 atom stereocenters. The van der Waals surface area contributed by atoms with Crippen LogP contribution in [-0.4, -0.2) is 16.5 Å². The zero-order chi connectivity index (χ0) is 15.2. The third kappa shape index (κ3) is 4.21. The van der Waals surface area contributed by atoms with Gasteiger partial charge in [0.05, 0.1) is 0 Å². The molecule has 21 heavy (non-hydrogen) atoms. The van der Waals surface area contributed by atoms with E-state index < -0.39 is 11.6 Å². The van der Waals surface area contributed by atoms with Crippen molar-refractivity contribution in [2.75, 3.05) is 11.9 Å². The molecule has 1 N–H and O–H groups in total. The Balaban J connectivity index is 2.29. The van der Waals surface area contributed by atoms with E-state index >= 15 is 0 Å². The van der Waals surface area contributed by atoms with Crippen LogP contribution in [0.4, 0.5) is 14.6 Å². The Labute approximate surface area is 123 Å². The van der Waals surface area contributed by atoms with E-state index in [0.717, 1.165) is 37.0 Å². The van der Waals surface area contributed by atoms with Crippen LogP contribution < -0.4 is 5.32 Å². The van der Waals surface area contributed by atoms with E-state index in [1.807, 2.05) is 13.0 Å². The van der Waals surface area contributed by atoms with Gasteiger partial charge in [0.25, 0.3) is 0 Å². The Hall–Kier alpha value is -2.04. The summed E-state index contributed by atoms with van der Waals surface area (Å²) in [4.78, 5) is 8.83. The number of hydrogen-bond donors (Lipinski definition) is 1. The number of aromatic nitrogens is 2. The normalized spacial score (nSPS) is 10.7. The summed E-state index contributed by atoms with van der Waals surface area (Å²) in [5.41, 5.74) is 1.33. The Kier molecular flexibility index (Phi) is 5.20. The Bertz CT molecular complexity index is 590. The molecule has 1 heterocycles. The minimum atomic E-state index is -0.578. The first kappa shape index (κ1) is 15.4. The summed E-state index contributed by atoms with van der Waals surface area (Å²) in [5.74, 6) is 0.144. The van der Waals surface area contributed by atoms with Crippen molar-refractivity contribution in [3.05, 3.63) is 53.0 Å². The van der Waals surface area contributed by atoms with E-state index in [2.05, 4.69) is 22.2 Å². The molecule has 0 aliphatic rings. The standard InChI is InChI=1S/C16H19F2N3/c1-3-5-13-10-15(19-4-2)21-16(20-13)8-11-6-7-12(17)9-14(11)18/h6-7,9-10H,3-5,8H2,1-2H3,(H,19,20,21). The van der Waals surface area contributed by atoms with Gasteiger partial charge in [-0.1, -0.05) is 19.4 Å². The van der Waals surface area contributed by atoms with Crippen molar-refractivity contribution >= 4 is 5.82 Å². The van der Waals surface area contributed by atoms with Crippen LogP contribution in [0.1, 0.15) is 37.4 Å². The van der Waals surface area contributed by atoms with Gasteiger partial charge in [0.2, 0.25) is 0 Å². The van der Waals surface area contributed by atoms with Gasteiger partial charge >= 0.3 is 0 Å². The lowest BCUT2D eigenvalue weighted by Gasteiger charge is -2.09. The van der Waals surface area contributed by atoms with Gasteiger partial charge in [-0.2, -0.15) is 0 Å². The molecule has 2 aromatic rings. The van der Waals surface area contributed by atoms with Crippen molar-refractivity contribution in [2.45, 2.75) is 33.1 Å². The van der Waals surface area contributed by atoms with E-state index in [1.165, 1.54) is 12.1 Å². The topological polar surface area (TPSA) is 37.8 Å². The van der Waals surface area contributed by atoms with Crippen molar-refractivity contribution in [3.63, 3.8) is 0 Å². The van der Waals surface area contributed by atoms with E-state index in [9.17, 15) is 8.78 Å². The zero-order valence-corrected chi connectivity index (χ0v) is 12.3. The predicted molar refractivity (Wildman–Crippen MR) is 79.4 cm³/mol. The molecule has 0 saturated heterocycles. The largest absolute Gasteiger partial charge is 0.370 e. The molecule has 0 fully saturated rings. The first-order valence-corrected chi connectivity index (χ1v) is 7.17. The first-order chi connectivity index (χ1) is 10.1. The van der Waals surface area contributed by atoms with Crippen LogP contribution in [0.2, 0.25) is 0 Å². The second-order valence-electron chi connectivity index (χ2n) is 4.85. The van der Waals surface area contributed by atoms with Crippen molar-refractivity contribution in [1.82, 2.24) is 9.97 Å². The summed E-state index contributed by atoms with van der Waals surface area (Å²) in [7, 11) is 0. The molecule has 5 heteroatoms. The predicted octanol–water partition coefficient (Wildman–Crippen LogP) is 3.73. The zero-order valence-electron chi connectivity index (χ0n) is 12.3. The lowest BCUT2D eigenvalue weighted by atomic mass is 10.1. The van der Waals surface area contributed by atoms with Crippen LogP contribution >= 0.6 is 0 Å². The molecule has 0 aliphatic carbocycles. The highest BCUT2D eigenvalue weighted by atomic mass is 19.1. The molecule has 0 radical (unpaired) electrons. The summed E-state index contributed by atoms with van der Waals surface area (Å²) in [6, 6.07) is 5.49. The molecular weight excluding hydrogens is 272 g/mol. The van der Waals surface area contributed by atoms with E-state index in [1.54, 1.807) is 0 Å². The first-order valence-electron chi connectivity index (χ1n) is 7.17. The van der Waals surface area contributed by atoms with Gasteiger partial charge in [0.15, 0.2) is 0 Å². The maximum atomic E-state index is 13.7. The summed E-state index contributed by atoms with van der Waals surface area (Å²) >= 11 is 0. The number of rotatable bonds is 6. The number of hydrogen-bond acceptors (Lipinski definition) is 3. The Morgan fingerprint density at radius 1 is 1.10 bits per heavy atom. The van der Waals surface area contributed by atoms with Crippen LogP contribution in [0.25, 0.3) is 0 Å². The molecule has 0 saturated carbocycles.